The van der Waals surface area contributed by atoms with Crippen molar-refractivity contribution >= 4 is 21.1 Å². The molecule has 1 saturated carbocycles. The Labute approximate surface area is 142 Å². The van der Waals surface area contributed by atoms with Gasteiger partial charge in [0.15, 0.2) is 0 Å². The zero-order chi connectivity index (χ0) is 16.6. The average Bonchev–Trinajstić information content (AvgIpc) is 3.12. The third kappa shape index (κ3) is 3.34. The molecule has 0 N–H and O–H groups in total. The van der Waals surface area contributed by atoms with Crippen molar-refractivity contribution in [3.05, 3.63) is 30.6 Å². The summed E-state index contributed by atoms with van der Waals surface area (Å²) in [6, 6.07) is 8.01. The van der Waals surface area contributed by atoms with Gasteiger partial charge in [-0.1, -0.05) is 12.1 Å². The Hall–Kier alpha value is -1.44. The Morgan fingerprint density at radius 2 is 2.08 bits per heavy atom. The minimum Gasteiger partial charge on any atom is -0.381 e. The van der Waals surface area contributed by atoms with Gasteiger partial charge in [-0.05, 0) is 37.3 Å². The Kier molecular flexibility index (Phi) is 4.32. The summed E-state index contributed by atoms with van der Waals surface area (Å²) in [6.45, 7) is 2.49. The number of aromatic nitrogens is 2. The van der Waals surface area contributed by atoms with E-state index in [0.717, 1.165) is 36.9 Å². The summed E-state index contributed by atoms with van der Waals surface area (Å²) in [7, 11) is -3.26. The number of imidazole rings is 1. The zero-order valence-electron chi connectivity index (χ0n) is 13.7. The van der Waals surface area contributed by atoms with E-state index in [4.69, 9.17) is 4.74 Å². The van der Waals surface area contributed by atoms with Crippen molar-refractivity contribution in [3.63, 3.8) is 0 Å². The second-order valence-electron chi connectivity index (χ2n) is 6.77. The van der Waals surface area contributed by atoms with Crippen LogP contribution in [0.4, 0.5) is 0 Å². The van der Waals surface area contributed by atoms with Crippen LogP contribution in [-0.4, -0.2) is 53.8 Å². The van der Waals surface area contributed by atoms with Crippen LogP contribution in [0.2, 0.25) is 0 Å². The van der Waals surface area contributed by atoms with E-state index in [0.29, 0.717) is 25.6 Å². The molecule has 1 atom stereocenters. The fourth-order valence-corrected chi connectivity index (χ4v) is 5.12. The molecular formula is C17H23N3O3S. The van der Waals surface area contributed by atoms with Gasteiger partial charge in [0.2, 0.25) is 10.0 Å². The van der Waals surface area contributed by atoms with E-state index in [1.807, 2.05) is 28.8 Å². The lowest BCUT2D eigenvalue weighted by atomic mass is 10.1. The molecule has 1 aliphatic carbocycles. The second-order valence-corrected chi connectivity index (χ2v) is 8.81. The normalized spacial score (nSPS) is 21.8. The quantitative estimate of drug-likeness (QED) is 0.765. The van der Waals surface area contributed by atoms with E-state index in [-0.39, 0.29) is 11.8 Å². The first-order valence-corrected chi connectivity index (χ1v) is 10.2. The monoisotopic (exact) mass is 349 g/mol. The van der Waals surface area contributed by atoms with E-state index >= 15 is 0 Å². The first-order chi connectivity index (χ1) is 11.6. The molecule has 1 aromatic heterocycles. The number of sulfonamides is 1. The number of hydrogen-bond acceptors (Lipinski definition) is 4. The molecule has 4 rings (SSSR count). The van der Waals surface area contributed by atoms with Crippen molar-refractivity contribution in [3.8, 4) is 0 Å². The Morgan fingerprint density at radius 1 is 1.25 bits per heavy atom. The van der Waals surface area contributed by atoms with Gasteiger partial charge in [-0.3, -0.25) is 0 Å². The molecule has 0 bridgehead atoms. The van der Waals surface area contributed by atoms with Gasteiger partial charge in [-0.15, -0.1) is 0 Å². The topological polar surface area (TPSA) is 64.4 Å². The molecular weight excluding hydrogens is 326 g/mol. The lowest BCUT2D eigenvalue weighted by molar-refractivity contribution is 0.180. The van der Waals surface area contributed by atoms with Crippen LogP contribution >= 0.6 is 0 Å². The first kappa shape index (κ1) is 16.1. The lowest BCUT2D eigenvalue weighted by Gasteiger charge is -2.24. The summed E-state index contributed by atoms with van der Waals surface area (Å²) in [5.41, 5.74) is 1.88. The largest absolute Gasteiger partial charge is 0.381 e. The number of ether oxygens (including phenoxy) is 1. The Bertz CT molecular complexity index is 807. The fourth-order valence-electron chi connectivity index (χ4n) is 3.35. The number of nitrogens with zero attached hydrogens (tertiary/aromatic N) is 3. The van der Waals surface area contributed by atoms with Crippen molar-refractivity contribution < 1.29 is 13.2 Å². The van der Waals surface area contributed by atoms with E-state index in [9.17, 15) is 8.42 Å². The first-order valence-electron chi connectivity index (χ1n) is 8.60. The van der Waals surface area contributed by atoms with Crippen molar-refractivity contribution in [1.29, 1.82) is 0 Å². The SMILES string of the molecule is O=S(=O)(CCn1cnc2ccccc21)N(C[C@@H]1CCOC1)C1CC1. The summed E-state index contributed by atoms with van der Waals surface area (Å²) in [5.74, 6) is 0.465. The van der Waals surface area contributed by atoms with Crippen LogP contribution in [0.15, 0.2) is 30.6 Å². The molecule has 6 nitrogen and oxygen atoms in total. The second kappa shape index (κ2) is 6.46. The summed E-state index contributed by atoms with van der Waals surface area (Å²) < 4.78 is 34.8. The molecule has 0 radical (unpaired) electrons. The molecule has 130 valence electrons. The van der Waals surface area contributed by atoms with Crippen LogP contribution < -0.4 is 0 Å². The van der Waals surface area contributed by atoms with Crippen LogP contribution in [0.1, 0.15) is 19.3 Å². The van der Waals surface area contributed by atoms with Crippen molar-refractivity contribution in [1.82, 2.24) is 13.9 Å². The third-order valence-corrected chi connectivity index (χ3v) is 6.75. The predicted molar refractivity (Wildman–Crippen MR) is 92.2 cm³/mol. The van der Waals surface area contributed by atoms with Crippen LogP contribution in [0.3, 0.4) is 0 Å². The van der Waals surface area contributed by atoms with Gasteiger partial charge in [-0.25, -0.2) is 13.4 Å². The Morgan fingerprint density at radius 3 is 2.83 bits per heavy atom. The zero-order valence-corrected chi connectivity index (χ0v) is 14.5. The number of benzene rings is 1. The van der Waals surface area contributed by atoms with Gasteiger partial charge in [0.25, 0.3) is 0 Å². The van der Waals surface area contributed by atoms with Crippen LogP contribution in [0.25, 0.3) is 11.0 Å². The van der Waals surface area contributed by atoms with E-state index in [1.165, 1.54) is 0 Å². The number of fused-ring (bicyclic) bond motifs is 1. The molecule has 7 heteroatoms. The number of rotatable bonds is 7. The van der Waals surface area contributed by atoms with Crippen LogP contribution in [0, 0.1) is 5.92 Å². The molecule has 1 aliphatic heterocycles. The number of para-hydroxylation sites is 2. The molecule has 2 fully saturated rings. The highest BCUT2D eigenvalue weighted by Gasteiger charge is 2.38. The maximum Gasteiger partial charge on any atom is 0.216 e. The van der Waals surface area contributed by atoms with Gasteiger partial charge in [0.05, 0.1) is 29.7 Å². The van der Waals surface area contributed by atoms with Crippen LogP contribution in [-0.2, 0) is 21.3 Å². The minimum atomic E-state index is -3.26. The highest BCUT2D eigenvalue weighted by atomic mass is 32.2. The van der Waals surface area contributed by atoms with Gasteiger partial charge in [0, 0.05) is 25.7 Å². The lowest BCUT2D eigenvalue weighted by Crippen LogP contribution is -2.39. The molecule has 1 saturated heterocycles. The molecule has 0 spiro atoms. The highest BCUT2D eigenvalue weighted by molar-refractivity contribution is 7.89. The predicted octanol–water partition coefficient (Wildman–Crippen LogP) is 1.87. The molecule has 1 aromatic carbocycles. The maximum absolute atomic E-state index is 12.9. The standard InChI is InChI=1S/C17H23N3O3S/c21-24(22,20(15-5-6-15)11-14-7-9-23-12-14)10-8-19-13-18-16-3-1-2-4-17(16)19/h1-4,13-15H,5-12H2/t14-/m0/s1. The van der Waals surface area contributed by atoms with Crippen LogP contribution in [0.5, 0.6) is 0 Å². The third-order valence-electron chi connectivity index (χ3n) is 4.89. The highest BCUT2D eigenvalue weighted by Crippen LogP contribution is 2.31. The van der Waals surface area contributed by atoms with Gasteiger partial charge in [0.1, 0.15) is 0 Å². The van der Waals surface area contributed by atoms with Gasteiger partial charge in [-0.2, -0.15) is 4.31 Å². The molecule has 2 heterocycles. The maximum atomic E-state index is 12.9. The average molecular weight is 349 g/mol. The molecule has 0 unspecified atom stereocenters. The summed E-state index contributed by atoms with van der Waals surface area (Å²) in [4.78, 5) is 4.33. The Balaban J connectivity index is 1.46. The number of hydrogen-bond donors (Lipinski definition) is 0. The van der Waals surface area contributed by atoms with Gasteiger partial charge >= 0.3 is 0 Å². The van der Waals surface area contributed by atoms with E-state index < -0.39 is 10.0 Å². The minimum absolute atomic E-state index is 0.122. The van der Waals surface area contributed by atoms with E-state index in [2.05, 4.69) is 4.98 Å². The van der Waals surface area contributed by atoms with Crippen molar-refractivity contribution in [2.24, 2.45) is 5.92 Å². The molecule has 24 heavy (non-hydrogen) atoms. The fraction of sp³-hybridized carbons (Fsp3) is 0.588. The summed E-state index contributed by atoms with van der Waals surface area (Å²) in [5, 5.41) is 0. The van der Waals surface area contributed by atoms with E-state index in [1.54, 1.807) is 10.6 Å². The van der Waals surface area contributed by atoms with Crippen molar-refractivity contribution in [2.45, 2.75) is 31.8 Å². The molecule has 0 amide bonds. The number of aryl methyl sites for hydroxylation is 1. The molecule has 2 aliphatic rings. The summed E-state index contributed by atoms with van der Waals surface area (Å²) >= 11 is 0. The van der Waals surface area contributed by atoms with Gasteiger partial charge < -0.3 is 9.30 Å². The summed E-state index contributed by atoms with van der Waals surface area (Å²) in [6.07, 6.45) is 4.67. The molecule has 2 aromatic rings. The smallest absolute Gasteiger partial charge is 0.216 e. The van der Waals surface area contributed by atoms with Crippen molar-refractivity contribution in [2.75, 3.05) is 25.5 Å².